The van der Waals surface area contributed by atoms with Crippen LogP contribution in [-0.2, 0) is 4.79 Å². The molecule has 0 aromatic heterocycles. The maximum atomic E-state index is 11.7. The minimum absolute atomic E-state index is 0.163. The van der Waals surface area contributed by atoms with Gasteiger partial charge in [0.05, 0.1) is 0 Å². The number of carbonyl (C=O) groups is 2. The van der Waals surface area contributed by atoms with E-state index in [0.717, 1.165) is 6.42 Å². The zero-order valence-electron chi connectivity index (χ0n) is 14.0. The molecule has 0 aromatic rings. The highest BCUT2D eigenvalue weighted by molar-refractivity contribution is 5.73. The maximum absolute atomic E-state index is 11.7. The Bertz CT molecular complexity index is 319. The first kappa shape index (κ1) is 19.7. The van der Waals surface area contributed by atoms with Crippen molar-refractivity contribution in [1.29, 1.82) is 0 Å². The fraction of sp³-hybridized carbons (Fsp3) is 0.867. The van der Waals surface area contributed by atoms with Gasteiger partial charge in [-0.3, -0.25) is 4.79 Å². The molecule has 21 heavy (non-hydrogen) atoms. The predicted octanol–water partition coefficient (Wildman–Crippen LogP) is 1.76. The van der Waals surface area contributed by atoms with Gasteiger partial charge in [0.1, 0.15) is 0 Å². The van der Waals surface area contributed by atoms with Gasteiger partial charge in [-0.2, -0.15) is 0 Å². The van der Waals surface area contributed by atoms with E-state index in [1.165, 1.54) is 0 Å². The number of urea groups is 1. The van der Waals surface area contributed by atoms with Crippen molar-refractivity contribution in [2.45, 2.75) is 46.1 Å². The number of hydrogen-bond acceptors (Lipinski definition) is 3. The van der Waals surface area contributed by atoms with Crippen LogP contribution in [0, 0.1) is 11.8 Å². The van der Waals surface area contributed by atoms with E-state index in [4.69, 9.17) is 5.11 Å². The smallest absolute Gasteiger partial charge is 0.314 e. The molecule has 2 unspecified atom stereocenters. The number of carboxylic acid groups (broad SMARTS) is 1. The van der Waals surface area contributed by atoms with Crippen LogP contribution in [0.15, 0.2) is 0 Å². The fourth-order valence-electron chi connectivity index (χ4n) is 1.98. The molecule has 0 bridgehead atoms. The minimum Gasteiger partial charge on any atom is -0.481 e. The van der Waals surface area contributed by atoms with E-state index in [1.54, 1.807) is 0 Å². The Balaban J connectivity index is 3.92. The first-order valence-corrected chi connectivity index (χ1v) is 7.64. The maximum Gasteiger partial charge on any atom is 0.314 e. The molecule has 0 saturated heterocycles. The molecule has 0 aliphatic carbocycles. The number of amides is 2. The molecule has 124 valence electrons. The summed E-state index contributed by atoms with van der Waals surface area (Å²) in [7, 11) is 3.94. The first-order chi connectivity index (χ1) is 9.73. The summed E-state index contributed by atoms with van der Waals surface area (Å²) in [6.07, 6.45) is 1.66. The van der Waals surface area contributed by atoms with Crippen molar-refractivity contribution in [3.63, 3.8) is 0 Å². The topological polar surface area (TPSA) is 81.7 Å². The molecule has 0 aliphatic rings. The van der Waals surface area contributed by atoms with E-state index in [9.17, 15) is 9.59 Å². The molecule has 0 aromatic carbocycles. The van der Waals surface area contributed by atoms with Crippen LogP contribution in [0.5, 0.6) is 0 Å². The average molecular weight is 301 g/mol. The van der Waals surface area contributed by atoms with Crippen molar-refractivity contribution in [2.75, 3.05) is 27.2 Å². The highest BCUT2D eigenvalue weighted by atomic mass is 16.4. The van der Waals surface area contributed by atoms with Gasteiger partial charge in [0, 0.05) is 25.6 Å². The molecule has 0 saturated carbocycles. The molecule has 2 amide bonds. The summed E-state index contributed by atoms with van der Waals surface area (Å²) in [6.45, 7) is 7.40. The van der Waals surface area contributed by atoms with Crippen molar-refractivity contribution in [2.24, 2.45) is 11.8 Å². The van der Waals surface area contributed by atoms with Gasteiger partial charge in [-0.15, -0.1) is 0 Å². The molecule has 3 N–H and O–H groups in total. The van der Waals surface area contributed by atoms with Crippen molar-refractivity contribution in [3.8, 4) is 0 Å². The van der Waals surface area contributed by atoms with Gasteiger partial charge >= 0.3 is 12.0 Å². The van der Waals surface area contributed by atoms with Crippen molar-refractivity contribution < 1.29 is 14.7 Å². The standard InChI is InChI=1S/C15H31N3O3/c1-11(2)13(6-7-14(19)20)8-9-16-15(21)17-10-12(3)18(4)5/h11-13H,6-10H2,1-5H3,(H,19,20)(H2,16,17,21). The molecule has 6 nitrogen and oxygen atoms in total. The average Bonchev–Trinajstić information content (AvgIpc) is 2.38. The van der Waals surface area contributed by atoms with E-state index in [0.29, 0.717) is 31.3 Å². The second kappa shape index (κ2) is 10.4. The summed E-state index contributed by atoms with van der Waals surface area (Å²) in [5, 5.41) is 14.4. The number of nitrogens with zero attached hydrogens (tertiary/aromatic N) is 1. The summed E-state index contributed by atoms with van der Waals surface area (Å²) in [6, 6.07) is 0.124. The summed E-state index contributed by atoms with van der Waals surface area (Å²) in [4.78, 5) is 24.3. The molecule has 2 atom stereocenters. The Morgan fingerprint density at radius 2 is 1.71 bits per heavy atom. The van der Waals surface area contributed by atoms with Crippen molar-refractivity contribution >= 4 is 12.0 Å². The monoisotopic (exact) mass is 301 g/mol. The molecule has 0 spiro atoms. The minimum atomic E-state index is -0.760. The van der Waals surface area contributed by atoms with E-state index in [1.807, 2.05) is 25.9 Å². The van der Waals surface area contributed by atoms with E-state index in [2.05, 4.69) is 24.5 Å². The Morgan fingerprint density at radius 3 is 2.19 bits per heavy atom. The van der Waals surface area contributed by atoms with Gasteiger partial charge in [-0.1, -0.05) is 13.8 Å². The third-order valence-electron chi connectivity index (χ3n) is 3.91. The zero-order valence-corrected chi connectivity index (χ0v) is 14.0. The van der Waals surface area contributed by atoms with Crippen molar-refractivity contribution in [3.05, 3.63) is 0 Å². The quantitative estimate of drug-likeness (QED) is 0.574. The number of nitrogens with one attached hydrogen (secondary N) is 2. The van der Waals surface area contributed by atoms with Crippen molar-refractivity contribution in [1.82, 2.24) is 15.5 Å². The number of rotatable bonds is 10. The number of hydrogen-bond donors (Lipinski definition) is 3. The van der Waals surface area contributed by atoms with Gasteiger partial charge in [0.2, 0.25) is 0 Å². The van der Waals surface area contributed by atoms with E-state index in [-0.39, 0.29) is 18.5 Å². The Kier molecular flexibility index (Phi) is 9.78. The molecule has 0 heterocycles. The third-order valence-corrected chi connectivity index (χ3v) is 3.91. The summed E-state index contributed by atoms with van der Waals surface area (Å²) in [5.41, 5.74) is 0. The van der Waals surface area contributed by atoms with Gasteiger partial charge < -0.3 is 20.6 Å². The van der Waals surface area contributed by atoms with Crippen LogP contribution in [0.1, 0.15) is 40.0 Å². The van der Waals surface area contributed by atoms with Gasteiger partial charge in [0.25, 0.3) is 0 Å². The summed E-state index contributed by atoms with van der Waals surface area (Å²) < 4.78 is 0. The summed E-state index contributed by atoms with van der Waals surface area (Å²) in [5.74, 6) is -0.0194. The highest BCUT2D eigenvalue weighted by Crippen LogP contribution is 2.20. The molecule has 0 radical (unpaired) electrons. The third kappa shape index (κ3) is 10.1. The van der Waals surface area contributed by atoms with Gasteiger partial charge in [0.15, 0.2) is 0 Å². The molecular weight excluding hydrogens is 270 g/mol. The van der Waals surface area contributed by atoms with Crippen LogP contribution in [0.3, 0.4) is 0 Å². The fourth-order valence-corrected chi connectivity index (χ4v) is 1.98. The van der Waals surface area contributed by atoms with Gasteiger partial charge in [-0.05, 0) is 45.7 Å². The molecule has 0 rings (SSSR count). The molecule has 0 aliphatic heterocycles. The molecule has 6 heteroatoms. The van der Waals surface area contributed by atoms with Crippen LogP contribution in [-0.4, -0.2) is 55.2 Å². The van der Waals surface area contributed by atoms with Crippen LogP contribution in [0.4, 0.5) is 4.79 Å². The largest absolute Gasteiger partial charge is 0.481 e. The van der Waals surface area contributed by atoms with Crippen LogP contribution in [0.25, 0.3) is 0 Å². The van der Waals surface area contributed by atoms with E-state index >= 15 is 0 Å². The van der Waals surface area contributed by atoms with Gasteiger partial charge in [-0.25, -0.2) is 4.79 Å². The Labute approximate surface area is 128 Å². The summed E-state index contributed by atoms with van der Waals surface area (Å²) >= 11 is 0. The number of aliphatic carboxylic acids is 1. The molecular formula is C15H31N3O3. The zero-order chi connectivity index (χ0) is 16.4. The SMILES string of the molecule is CC(C)C(CCNC(=O)NCC(C)N(C)C)CCC(=O)O. The number of likely N-dealkylation sites (N-methyl/N-ethyl adjacent to an activating group) is 1. The Hall–Kier alpha value is -1.30. The van der Waals surface area contributed by atoms with Crippen LogP contribution < -0.4 is 10.6 Å². The highest BCUT2D eigenvalue weighted by Gasteiger charge is 2.15. The lowest BCUT2D eigenvalue weighted by atomic mass is 9.88. The lowest BCUT2D eigenvalue weighted by molar-refractivity contribution is -0.137. The first-order valence-electron chi connectivity index (χ1n) is 7.64. The predicted molar refractivity (Wildman–Crippen MR) is 84.4 cm³/mol. The lowest BCUT2D eigenvalue weighted by Gasteiger charge is -2.21. The second-order valence-electron chi connectivity index (χ2n) is 6.17. The van der Waals surface area contributed by atoms with E-state index < -0.39 is 5.97 Å². The van der Waals surface area contributed by atoms with Crippen LogP contribution in [0.2, 0.25) is 0 Å². The Morgan fingerprint density at radius 1 is 1.10 bits per heavy atom. The number of carbonyl (C=O) groups excluding carboxylic acids is 1. The number of carboxylic acids is 1. The normalized spacial score (nSPS) is 14.0. The lowest BCUT2D eigenvalue weighted by Crippen LogP contribution is -2.43. The molecule has 0 fully saturated rings. The second-order valence-corrected chi connectivity index (χ2v) is 6.17. The van der Waals surface area contributed by atoms with Crippen LogP contribution >= 0.6 is 0 Å².